The molecule has 0 amide bonds. The predicted octanol–water partition coefficient (Wildman–Crippen LogP) is 5.31. The number of thiazole rings is 1. The molecule has 1 aromatic heterocycles. The van der Waals surface area contributed by atoms with Crippen LogP contribution in [0.1, 0.15) is 19.4 Å². The van der Waals surface area contributed by atoms with Gasteiger partial charge in [-0.1, -0.05) is 43.7 Å². The summed E-state index contributed by atoms with van der Waals surface area (Å²) in [5.41, 5.74) is 3.46. The minimum absolute atomic E-state index is 0.876. The highest BCUT2D eigenvalue weighted by Gasteiger charge is 2.06. The first-order valence-electron chi connectivity index (χ1n) is 6.78. The van der Waals surface area contributed by atoms with E-state index in [4.69, 9.17) is 4.74 Å². The molecule has 20 heavy (non-hydrogen) atoms. The molecule has 2 nitrogen and oxygen atoms in total. The molecule has 0 bridgehead atoms. The van der Waals surface area contributed by atoms with Crippen LogP contribution in [-0.4, -0.2) is 12.1 Å². The highest BCUT2D eigenvalue weighted by Crippen LogP contribution is 2.32. The Hall–Kier alpha value is -1.87. The van der Waals surface area contributed by atoms with Gasteiger partial charge in [-0.3, -0.25) is 0 Å². The van der Waals surface area contributed by atoms with E-state index in [1.165, 1.54) is 11.1 Å². The third-order valence-corrected chi connectivity index (χ3v) is 3.96. The Morgan fingerprint density at radius 3 is 2.35 bits per heavy atom. The number of nitrogens with zero attached hydrogens (tertiary/aromatic N) is 1. The third-order valence-electron chi connectivity index (χ3n) is 2.89. The highest BCUT2D eigenvalue weighted by molar-refractivity contribution is 7.21. The van der Waals surface area contributed by atoms with Crippen molar-refractivity contribution in [2.45, 2.75) is 20.8 Å². The number of hydrogen-bond donors (Lipinski definition) is 0. The van der Waals surface area contributed by atoms with Crippen LogP contribution in [0.5, 0.6) is 5.75 Å². The number of methoxy groups -OCH3 is 1. The summed E-state index contributed by atoms with van der Waals surface area (Å²) in [6.07, 6.45) is 0. The summed E-state index contributed by atoms with van der Waals surface area (Å²) in [6, 6.07) is 14.4. The first-order valence-corrected chi connectivity index (χ1v) is 7.59. The second-order valence-electron chi connectivity index (χ2n) is 4.22. The van der Waals surface area contributed by atoms with E-state index >= 15 is 0 Å². The fourth-order valence-corrected chi connectivity index (χ4v) is 2.85. The normalized spacial score (nSPS) is 10.0. The third kappa shape index (κ3) is 2.99. The average molecular weight is 285 g/mol. The summed E-state index contributed by atoms with van der Waals surface area (Å²) in [6.45, 7) is 6.09. The van der Waals surface area contributed by atoms with E-state index in [1.807, 2.05) is 32.0 Å². The van der Waals surface area contributed by atoms with Gasteiger partial charge in [0.1, 0.15) is 10.8 Å². The number of benzene rings is 2. The van der Waals surface area contributed by atoms with Crippen LogP contribution in [0.3, 0.4) is 0 Å². The maximum atomic E-state index is 5.23. The Bertz CT molecular complexity index is 686. The molecule has 0 saturated carbocycles. The lowest BCUT2D eigenvalue weighted by Crippen LogP contribution is -1.80. The predicted molar refractivity (Wildman–Crippen MR) is 87.7 cm³/mol. The molecule has 3 aromatic rings. The number of aryl methyl sites for hydroxylation is 1. The van der Waals surface area contributed by atoms with E-state index in [9.17, 15) is 0 Å². The van der Waals surface area contributed by atoms with Crippen LogP contribution >= 0.6 is 11.3 Å². The molecule has 0 atom stereocenters. The van der Waals surface area contributed by atoms with E-state index in [-0.39, 0.29) is 0 Å². The molecule has 0 saturated heterocycles. The van der Waals surface area contributed by atoms with E-state index in [0.717, 1.165) is 21.0 Å². The second-order valence-corrected chi connectivity index (χ2v) is 5.25. The summed E-state index contributed by atoms with van der Waals surface area (Å²) in [7, 11) is 1.68. The molecule has 0 unspecified atom stereocenters. The standard InChI is InChI=1S/C15H13NOS.C2H6/c1-10-3-5-11(6-4-10)15-16-13-8-7-12(17-2)9-14(13)18-15;1-2/h3-9H,1-2H3;1-2H3. The molecule has 0 fully saturated rings. The van der Waals surface area contributed by atoms with Crippen molar-refractivity contribution < 1.29 is 4.74 Å². The van der Waals surface area contributed by atoms with Gasteiger partial charge in [0, 0.05) is 5.56 Å². The zero-order valence-electron chi connectivity index (χ0n) is 12.3. The van der Waals surface area contributed by atoms with Gasteiger partial charge >= 0.3 is 0 Å². The van der Waals surface area contributed by atoms with Crippen LogP contribution in [0.15, 0.2) is 42.5 Å². The smallest absolute Gasteiger partial charge is 0.124 e. The van der Waals surface area contributed by atoms with Crippen molar-refractivity contribution in [2.75, 3.05) is 7.11 Å². The van der Waals surface area contributed by atoms with Crippen molar-refractivity contribution in [1.29, 1.82) is 0 Å². The number of hydrogen-bond acceptors (Lipinski definition) is 3. The Morgan fingerprint density at radius 1 is 1.00 bits per heavy atom. The van der Waals surface area contributed by atoms with Gasteiger partial charge in [-0.25, -0.2) is 4.98 Å². The van der Waals surface area contributed by atoms with Crippen molar-refractivity contribution >= 4 is 21.6 Å². The number of aromatic nitrogens is 1. The van der Waals surface area contributed by atoms with E-state index in [2.05, 4.69) is 36.2 Å². The fourth-order valence-electron chi connectivity index (χ4n) is 1.85. The molecule has 2 aromatic carbocycles. The summed E-state index contributed by atoms with van der Waals surface area (Å²) in [5.74, 6) is 0.876. The van der Waals surface area contributed by atoms with Gasteiger partial charge in [0.25, 0.3) is 0 Å². The molecule has 0 aliphatic heterocycles. The Kier molecular flexibility index (Phi) is 4.74. The lowest BCUT2D eigenvalue weighted by atomic mass is 10.2. The minimum Gasteiger partial charge on any atom is -0.497 e. The van der Waals surface area contributed by atoms with E-state index in [0.29, 0.717) is 0 Å². The molecule has 3 heteroatoms. The fraction of sp³-hybridized carbons (Fsp3) is 0.235. The monoisotopic (exact) mass is 285 g/mol. The molecular formula is C17H19NOS. The van der Waals surface area contributed by atoms with Gasteiger partial charge in [0.05, 0.1) is 17.3 Å². The molecule has 0 aliphatic carbocycles. The van der Waals surface area contributed by atoms with Crippen LogP contribution in [0.4, 0.5) is 0 Å². The number of fused-ring (bicyclic) bond motifs is 1. The van der Waals surface area contributed by atoms with E-state index in [1.54, 1.807) is 18.4 Å². The van der Waals surface area contributed by atoms with E-state index < -0.39 is 0 Å². The SMILES string of the molecule is CC.COc1ccc2nc(-c3ccc(C)cc3)sc2c1. The molecular weight excluding hydrogens is 266 g/mol. The zero-order chi connectivity index (χ0) is 14.5. The van der Waals surface area contributed by atoms with Crippen molar-refractivity contribution in [2.24, 2.45) is 0 Å². The number of ether oxygens (including phenoxy) is 1. The largest absolute Gasteiger partial charge is 0.497 e. The van der Waals surface area contributed by atoms with Crippen LogP contribution in [0, 0.1) is 6.92 Å². The van der Waals surface area contributed by atoms with Crippen molar-refractivity contribution in [1.82, 2.24) is 4.98 Å². The molecule has 3 rings (SSSR count). The zero-order valence-corrected chi connectivity index (χ0v) is 13.1. The Morgan fingerprint density at radius 2 is 1.70 bits per heavy atom. The van der Waals surface area contributed by atoms with Gasteiger partial charge in [-0.05, 0) is 25.1 Å². The summed E-state index contributed by atoms with van der Waals surface area (Å²) >= 11 is 1.69. The first-order chi connectivity index (χ1) is 9.76. The molecule has 0 aliphatic rings. The van der Waals surface area contributed by atoms with Crippen molar-refractivity contribution in [3.05, 3.63) is 48.0 Å². The summed E-state index contributed by atoms with van der Waals surface area (Å²) in [4.78, 5) is 4.65. The summed E-state index contributed by atoms with van der Waals surface area (Å²) in [5, 5.41) is 1.05. The quantitative estimate of drug-likeness (QED) is 0.637. The Labute approximate surface area is 124 Å². The van der Waals surface area contributed by atoms with Crippen LogP contribution in [0.2, 0.25) is 0 Å². The van der Waals surface area contributed by atoms with Gasteiger partial charge in [0.2, 0.25) is 0 Å². The minimum atomic E-state index is 0.876. The lowest BCUT2D eigenvalue weighted by molar-refractivity contribution is 0.415. The lowest BCUT2D eigenvalue weighted by Gasteiger charge is -1.96. The first kappa shape index (κ1) is 14.5. The summed E-state index contributed by atoms with van der Waals surface area (Å²) < 4.78 is 6.39. The molecule has 0 radical (unpaired) electrons. The van der Waals surface area contributed by atoms with Crippen LogP contribution in [-0.2, 0) is 0 Å². The van der Waals surface area contributed by atoms with Crippen LogP contribution < -0.4 is 4.74 Å². The van der Waals surface area contributed by atoms with Gasteiger partial charge in [-0.2, -0.15) is 0 Å². The molecule has 104 valence electrons. The molecule has 0 spiro atoms. The highest BCUT2D eigenvalue weighted by atomic mass is 32.1. The van der Waals surface area contributed by atoms with Crippen molar-refractivity contribution in [3.63, 3.8) is 0 Å². The second kappa shape index (κ2) is 6.53. The molecule has 1 heterocycles. The maximum absolute atomic E-state index is 5.23. The van der Waals surface area contributed by atoms with Gasteiger partial charge < -0.3 is 4.74 Å². The Balaban J connectivity index is 0.000000704. The molecule has 0 N–H and O–H groups in total. The maximum Gasteiger partial charge on any atom is 0.124 e. The topological polar surface area (TPSA) is 22.1 Å². The number of rotatable bonds is 2. The van der Waals surface area contributed by atoms with Gasteiger partial charge in [-0.15, -0.1) is 11.3 Å². The van der Waals surface area contributed by atoms with Gasteiger partial charge in [0.15, 0.2) is 0 Å². The van der Waals surface area contributed by atoms with Crippen molar-refractivity contribution in [3.8, 4) is 16.3 Å². The van der Waals surface area contributed by atoms with Crippen LogP contribution in [0.25, 0.3) is 20.8 Å². The average Bonchev–Trinajstić information content (AvgIpc) is 2.92.